The second kappa shape index (κ2) is 7.19. The smallest absolute Gasteiger partial charge is 0.355 e. The molecule has 2 heterocycles. The van der Waals surface area contributed by atoms with Crippen LogP contribution in [-0.4, -0.2) is 27.0 Å². The average Bonchev–Trinajstić information content (AvgIpc) is 2.92. The standard InChI is InChI=1S/C15H17N3O4S/c1-8(2)3-10-4-9(5-12(19)17-10)14(20)16-6-13-18-11(7-23-13)15(21)22/h4-5,7-8H,3,6H2,1-2H3,(H,16,20)(H,17,19)(H,21,22). The van der Waals surface area contributed by atoms with Gasteiger partial charge in [0, 0.05) is 22.7 Å². The first kappa shape index (κ1) is 16.9. The van der Waals surface area contributed by atoms with Crippen molar-refractivity contribution in [2.45, 2.75) is 26.8 Å². The summed E-state index contributed by atoms with van der Waals surface area (Å²) in [6.07, 6.45) is 0.671. The Morgan fingerprint density at radius 1 is 1.39 bits per heavy atom. The van der Waals surface area contributed by atoms with Crippen molar-refractivity contribution in [1.29, 1.82) is 0 Å². The van der Waals surface area contributed by atoms with Crippen LogP contribution in [-0.2, 0) is 13.0 Å². The fourth-order valence-electron chi connectivity index (χ4n) is 2.03. The molecule has 8 heteroatoms. The van der Waals surface area contributed by atoms with Gasteiger partial charge < -0.3 is 15.4 Å². The zero-order chi connectivity index (χ0) is 17.0. The molecule has 0 bridgehead atoms. The van der Waals surface area contributed by atoms with E-state index in [-0.39, 0.29) is 23.4 Å². The van der Waals surface area contributed by atoms with Crippen molar-refractivity contribution in [3.8, 4) is 0 Å². The van der Waals surface area contributed by atoms with Crippen LogP contribution >= 0.6 is 11.3 Å². The Morgan fingerprint density at radius 2 is 2.13 bits per heavy atom. The molecule has 0 aliphatic rings. The predicted molar refractivity (Wildman–Crippen MR) is 85.8 cm³/mol. The monoisotopic (exact) mass is 335 g/mol. The highest BCUT2D eigenvalue weighted by atomic mass is 32.1. The fourth-order valence-corrected chi connectivity index (χ4v) is 2.74. The molecule has 0 unspecified atom stereocenters. The Morgan fingerprint density at radius 3 is 2.74 bits per heavy atom. The largest absolute Gasteiger partial charge is 0.476 e. The van der Waals surface area contributed by atoms with Crippen molar-refractivity contribution in [1.82, 2.24) is 15.3 Å². The lowest BCUT2D eigenvalue weighted by Gasteiger charge is -2.07. The molecule has 0 fully saturated rings. The predicted octanol–water partition coefficient (Wildman–Crippen LogP) is 1.66. The highest BCUT2D eigenvalue weighted by molar-refractivity contribution is 7.09. The number of carboxylic acid groups (broad SMARTS) is 1. The number of thiazole rings is 1. The number of pyridine rings is 1. The number of hydrogen-bond donors (Lipinski definition) is 3. The van der Waals surface area contributed by atoms with Gasteiger partial charge in [0.05, 0.1) is 6.54 Å². The van der Waals surface area contributed by atoms with E-state index in [1.807, 2.05) is 13.8 Å². The van der Waals surface area contributed by atoms with Gasteiger partial charge in [-0.15, -0.1) is 11.3 Å². The van der Waals surface area contributed by atoms with Crippen LogP contribution in [0.5, 0.6) is 0 Å². The number of nitrogens with one attached hydrogen (secondary N) is 2. The minimum Gasteiger partial charge on any atom is -0.476 e. The van der Waals surface area contributed by atoms with Gasteiger partial charge in [-0.25, -0.2) is 9.78 Å². The summed E-state index contributed by atoms with van der Waals surface area (Å²) in [7, 11) is 0. The number of H-pyrrole nitrogens is 1. The quantitative estimate of drug-likeness (QED) is 0.743. The van der Waals surface area contributed by atoms with E-state index in [0.717, 1.165) is 11.3 Å². The molecule has 2 rings (SSSR count). The third-order valence-corrected chi connectivity index (χ3v) is 3.81. The van der Waals surface area contributed by atoms with Gasteiger partial charge in [-0.05, 0) is 18.4 Å². The first-order valence-electron chi connectivity index (χ1n) is 7.04. The first-order valence-corrected chi connectivity index (χ1v) is 7.92. The number of hydrogen-bond acceptors (Lipinski definition) is 5. The van der Waals surface area contributed by atoms with Crippen LogP contribution in [0.25, 0.3) is 0 Å². The number of aromatic amines is 1. The number of amides is 1. The third kappa shape index (κ3) is 4.75. The number of carbonyl (C=O) groups is 2. The van der Waals surface area contributed by atoms with E-state index in [4.69, 9.17) is 5.11 Å². The van der Waals surface area contributed by atoms with Gasteiger partial charge in [0.1, 0.15) is 5.01 Å². The number of carbonyl (C=O) groups excluding carboxylic acids is 1. The van der Waals surface area contributed by atoms with Crippen LogP contribution < -0.4 is 10.9 Å². The number of aromatic carboxylic acids is 1. The van der Waals surface area contributed by atoms with Crippen molar-refractivity contribution >= 4 is 23.2 Å². The zero-order valence-corrected chi connectivity index (χ0v) is 13.6. The van der Waals surface area contributed by atoms with E-state index in [0.29, 0.717) is 23.0 Å². The summed E-state index contributed by atoms with van der Waals surface area (Å²) in [5.41, 5.74) is 0.616. The molecule has 2 aromatic rings. The van der Waals surface area contributed by atoms with Gasteiger partial charge >= 0.3 is 5.97 Å². The highest BCUT2D eigenvalue weighted by Gasteiger charge is 2.12. The van der Waals surface area contributed by atoms with Crippen LogP contribution in [0.3, 0.4) is 0 Å². The zero-order valence-electron chi connectivity index (χ0n) is 12.8. The van der Waals surface area contributed by atoms with E-state index in [2.05, 4.69) is 15.3 Å². The molecule has 0 atom stereocenters. The van der Waals surface area contributed by atoms with E-state index < -0.39 is 11.9 Å². The van der Waals surface area contributed by atoms with Crippen LogP contribution in [0.4, 0.5) is 0 Å². The summed E-state index contributed by atoms with van der Waals surface area (Å²) >= 11 is 1.16. The van der Waals surface area contributed by atoms with Gasteiger partial charge in [0.2, 0.25) is 5.56 Å². The average molecular weight is 335 g/mol. The summed E-state index contributed by atoms with van der Waals surface area (Å²) in [4.78, 5) is 41.1. The van der Waals surface area contributed by atoms with Gasteiger partial charge in [0.25, 0.3) is 5.91 Å². The molecular weight excluding hydrogens is 318 g/mol. The highest BCUT2D eigenvalue weighted by Crippen LogP contribution is 2.10. The maximum atomic E-state index is 12.1. The molecule has 0 saturated carbocycles. The number of aromatic nitrogens is 2. The van der Waals surface area contributed by atoms with Gasteiger partial charge in [0.15, 0.2) is 5.69 Å². The lowest BCUT2D eigenvalue weighted by atomic mass is 10.1. The first-order chi connectivity index (χ1) is 10.8. The van der Waals surface area contributed by atoms with Crippen molar-refractivity contribution in [2.24, 2.45) is 5.92 Å². The fraction of sp³-hybridized carbons (Fsp3) is 0.333. The Kier molecular flexibility index (Phi) is 5.28. The molecule has 0 aromatic carbocycles. The minimum atomic E-state index is -1.10. The van der Waals surface area contributed by atoms with Crippen molar-refractivity contribution in [3.05, 3.63) is 49.8 Å². The van der Waals surface area contributed by atoms with Crippen LogP contribution in [0.1, 0.15) is 45.4 Å². The summed E-state index contributed by atoms with van der Waals surface area (Å²) in [5.74, 6) is -1.14. The van der Waals surface area contributed by atoms with Crippen molar-refractivity contribution < 1.29 is 14.7 Å². The SMILES string of the molecule is CC(C)Cc1cc(C(=O)NCc2nc(C(=O)O)cs2)cc(=O)[nH]1. The molecule has 0 radical (unpaired) electrons. The lowest BCUT2D eigenvalue weighted by Crippen LogP contribution is -2.25. The van der Waals surface area contributed by atoms with E-state index in [1.54, 1.807) is 6.07 Å². The van der Waals surface area contributed by atoms with Gasteiger partial charge in [-0.2, -0.15) is 0 Å². The summed E-state index contributed by atoms with van der Waals surface area (Å²) in [6.45, 7) is 4.16. The molecule has 23 heavy (non-hydrogen) atoms. The van der Waals surface area contributed by atoms with Gasteiger partial charge in [-0.1, -0.05) is 13.8 Å². The van der Waals surface area contributed by atoms with E-state index >= 15 is 0 Å². The number of nitrogens with zero attached hydrogens (tertiary/aromatic N) is 1. The Hall–Kier alpha value is -2.48. The number of rotatable bonds is 6. The second-order valence-corrected chi connectivity index (χ2v) is 6.41. The normalized spacial score (nSPS) is 10.7. The van der Waals surface area contributed by atoms with Gasteiger partial charge in [-0.3, -0.25) is 9.59 Å². The molecule has 1 amide bonds. The van der Waals surface area contributed by atoms with Crippen LogP contribution in [0.2, 0.25) is 0 Å². The summed E-state index contributed by atoms with van der Waals surface area (Å²) in [5, 5.41) is 13.3. The molecule has 0 aliphatic carbocycles. The molecule has 7 nitrogen and oxygen atoms in total. The second-order valence-electron chi connectivity index (χ2n) is 5.47. The Bertz CT molecular complexity index is 779. The molecule has 0 saturated heterocycles. The van der Waals surface area contributed by atoms with Crippen LogP contribution in [0.15, 0.2) is 22.3 Å². The molecule has 2 aromatic heterocycles. The van der Waals surface area contributed by atoms with Crippen molar-refractivity contribution in [2.75, 3.05) is 0 Å². The van der Waals surface area contributed by atoms with E-state index in [1.165, 1.54) is 11.4 Å². The minimum absolute atomic E-state index is 0.0466. The maximum absolute atomic E-state index is 12.1. The lowest BCUT2D eigenvalue weighted by molar-refractivity contribution is 0.0691. The Labute approximate surface area is 136 Å². The topological polar surface area (TPSA) is 112 Å². The molecule has 0 spiro atoms. The van der Waals surface area contributed by atoms with Crippen molar-refractivity contribution in [3.63, 3.8) is 0 Å². The van der Waals surface area contributed by atoms with Crippen LogP contribution in [0, 0.1) is 5.92 Å². The third-order valence-electron chi connectivity index (χ3n) is 2.96. The molecular formula is C15H17N3O4S. The number of carboxylic acids is 1. The molecule has 122 valence electrons. The summed E-state index contributed by atoms with van der Waals surface area (Å²) < 4.78 is 0. The van der Waals surface area contributed by atoms with E-state index in [9.17, 15) is 14.4 Å². The molecule has 0 aliphatic heterocycles. The maximum Gasteiger partial charge on any atom is 0.355 e. The summed E-state index contributed by atoms with van der Waals surface area (Å²) in [6, 6.07) is 2.89. The molecule has 3 N–H and O–H groups in total. The Balaban J connectivity index is 2.06.